The minimum absolute atomic E-state index is 0.108. The smallest absolute Gasteiger partial charge is 0.315 e. The van der Waals surface area contributed by atoms with Gasteiger partial charge in [0.15, 0.2) is 5.82 Å². The van der Waals surface area contributed by atoms with Crippen LogP contribution in [0.1, 0.15) is 11.3 Å². The average Bonchev–Trinajstić information content (AvgIpc) is 2.78. The first kappa shape index (κ1) is 13.6. The molecule has 1 heterocycles. The van der Waals surface area contributed by atoms with Gasteiger partial charge >= 0.3 is 11.8 Å². The standard InChI is InChI=1S/C13H13N3O4/c1-7-3-4-9(10(17)5-7)14-12(18)13(19)15-11-6-8(2)20-16-11/h3-6,17H,1-2H3,(H,14,18)(H,15,16,19). The fourth-order valence-electron chi connectivity index (χ4n) is 1.52. The molecule has 1 aromatic carbocycles. The molecule has 104 valence electrons. The van der Waals surface area contributed by atoms with E-state index in [9.17, 15) is 14.7 Å². The van der Waals surface area contributed by atoms with Gasteiger partial charge in [-0.3, -0.25) is 14.9 Å². The zero-order valence-corrected chi connectivity index (χ0v) is 10.9. The summed E-state index contributed by atoms with van der Waals surface area (Å²) in [4.78, 5) is 23.3. The minimum Gasteiger partial charge on any atom is -0.506 e. The van der Waals surface area contributed by atoms with Crippen LogP contribution in [0.5, 0.6) is 5.75 Å². The molecule has 3 N–H and O–H groups in total. The first-order valence-electron chi connectivity index (χ1n) is 5.81. The van der Waals surface area contributed by atoms with Crippen LogP contribution < -0.4 is 10.6 Å². The number of aromatic nitrogens is 1. The fourth-order valence-corrected chi connectivity index (χ4v) is 1.52. The third kappa shape index (κ3) is 3.14. The maximum Gasteiger partial charge on any atom is 0.315 e. The number of carbonyl (C=O) groups is 2. The predicted octanol–water partition coefficient (Wildman–Crippen LogP) is 1.57. The lowest BCUT2D eigenvalue weighted by molar-refractivity contribution is -0.133. The second-order valence-electron chi connectivity index (χ2n) is 4.25. The number of hydrogen-bond donors (Lipinski definition) is 3. The molecule has 0 radical (unpaired) electrons. The van der Waals surface area contributed by atoms with Gasteiger partial charge in [0.2, 0.25) is 0 Å². The van der Waals surface area contributed by atoms with E-state index in [0.29, 0.717) is 5.76 Å². The number of phenolic OH excluding ortho intramolecular Hbond substituents is 1. The first-order chi connectivity index (χ1) is 9.45. The van der Waals surface area contributed by atoms with Gasteiger partial charge in [-0.2, -0.15) is 0 Å². The number of benzene rings is 1. The summed E-state index contributed by atoms with van der Waals surface area (Å²) in [5.41, 5.74) is 0.995. The third-order valence-electron chi connectivity index (χ3n) is 2.48. The van der Waals surface area contributed by atoms with E-state index < -0.39 is 11.8 Å². The summed E-state index contributed by atoms with van der Waals surface area (Å²) < 4.78 is 4.76. The summed E-state index contributed by atoms with van der Waals surface area (Å²) >= 11 is 0. The Labute approximate surface area is 114 Å². The molecule has 7 heteroatoms. The molecule has 0 unspecified atom stereocenters. The average molecular weight is 275 g/mol. The molecule has 2 rings (SSSR count). The number of nitrogens with zero attached hydrogens (tertiary/aromatic N) is 1. The number of rotatable bonds is 2. The van der Waals surface area contributed by atoms with Crippen LogP contribution in [-0.2, 0) is 9.59 Å². The lowest BCUT2D eigenvalue weighted by atomic mass is 10.2. The maximum atomic E-state index is 11.7. The van der Waals surface area contributed by atoms with Crippen molar-refractivity contribution in [2.24, 2.45) is 0 Å². The molecule has 1 aromatic heterocycles. The van der Waals surface area contributed by atoms with Crippen molar-refractivity contribution in [1.82, 2.24) is 5.16 Å². The van der Waals surface area contributed by atoms with Crippen LogP contribution in [0.4, 0.5) is 11.5 Å². The van der Waals surface area contributed by atoms with E-state index in [4.69, 9.17) is 4.52 Å². The fraction of sp³-hybridized carbons (Fsp3) is 0.154. The highest BCUT2D eigenvalue weighted by atomic mass is 16.5. The van der Waals surface area contributed by atoms with Gasteiger partial charge in [0.05, 0.1) is 5.69 Å². The largest absolute Gasteiger partial charge is 0.506 e. The topological polar surface area (TPSA) is 104 Å². The first-order valence-corrected chi connectivity index (χ1v) is 5.81. The quantitative estimate of drug-likeness (QED) is 0.570. The normalized spacial score (nSPS) is 10.1. The Kier molecular flexibility index (Phi) is 3.69. The third-order valence-corrected chi connectivity index (χ3v) is 2.48. The number of nitrogens with one attached hydrogen (secondary N) is 2. The number of aryl methyl sites for hydroxylation is 2. The zero-order valence-electron chi connectivity index (χ0n) is 10.9. The van der Waals surface area contributed by atoms with E-state index in [1.54, 1.807) is 19.9 Å². The molecule has 0 atom stereocenters. The van der Waals surface area contributed by atoms with Gasteiger partial charge in [0.1, 0.15) is 11.5 Å². The summed E-state index contributed by atoms with van der Waals surface area (Å²) in [6.45, 7) is 3.46. The summed E-state index contributed by atoms with van der Waals surface area (Å²) in [5.74, 6) is -1.26. The Morgan fingerprint density at radius 2 is 1.85 bits per heavy atom. The Morgan fingerprint density at radius 1 is 1.15 bits per heavy atom. The molecule has 20 heavy (non-hydrogen) atoms. The second kappa shape index (κ2) is 5.43. The summed E-state index contributed by atoms with van der Waals surface area (Å²) in [6, 6.07) is 6.17. The molecule has 0 bridgehead atoms. The van der Waals surface area contributed by atoms with Gasteiger partial charge in [-0.15, -0.1) is 0 Å². The van der Waals surface area contributed by atoms with Gasteiger partial charge in [-0.25, -0.2) is 0 Å². The highest BCUT2D eigenvalue weighted by Crippen LogP contribution is 2.23. The van der Waals surface area contributed by atoms with Gasteiger partial charge < -0.3 is 14.9 Å². The van der Waals surface area contributed by atoms with E-state index in [-0.39, 0.29) is 17.3 Å². The van der Waals surface area contributed by atoms with Crippen LogP contribution in [0.15, 0.2) is 28.8 Å². The van der Waals surface area contributed by atoms with Crippen molar-refractivity contribution in [3.63, 3.8) is 0 Å². The van der Waals surface area contributed by atoms with Crippen molar-refractivity contribution in [1.29, 1.82) is 0 Å². The molecule has 2 aromatic rings. The van der Waals surface area contributed by atoms with E-state index in [1.807, 2.05) is 0 Å². The van der Waals surface area contributed by atoms with Gasteiger partial charge in [-0.05, 0) is 31.5 Å². The Bertz CT molecular complexity index is 663. The van der Waals surface area contributed by atoms with Crippen molar-refractivity contribution in [2.45, 2.75) is 13.8 Å². The summed E-state index contributed by atoms with van der Waals surface area (Å²) in [6.07, 6.45) is 0. The van der Waals surface area contributed by atoms with E-state index in [1.165, 1.54) is 18.2 Å². The van der Waals surface area contributed by atoms with Crippen LogP contribution in [0.2, 0.25) is 0 Å². The number of aromatic hydroxyl groups is 1. The molecule has 0 aliphatic carbocycles. The summed E-state index contributed by atoms with van der Waals surface area (Å²) in [7, 11) is 0. The molecule has 0 fully saturated rings. The molecule has 0 spiro atoms. The highest BCUT2D eigenvalue weighted by molar-refractivity contribution is 6.43. The molecule has 0 aliphatic heterocycles. The van der Waals surface area contributed by atoms with Crippen molar-refractivity contribution < 1.29 is 19.2 Å². The van der Waals surface area contributed by atoms with Gasteiger partial charge in [0, 0.05) is 6.07 Å². The van der Waals surface area contributed by atoms with Crippen LogP contribution in [0.3, 0.4) is 0 Å². The number of amides is 2. The van der Waals surface area contributed by atoms with E-state index in [0.717, 1.165) is 5.56 Å². The van der Waals surface area contributed by atoms with Crippen LogP contribution in [0, 0.1) is 13.8 Å². The van der Waals surface area contributed by atoms with Crippen molar-refractivity contribution >= 4 is 23.3 Å². The predicted molar refractivity (Wildman–Crippen MR) is 71.3 cm³/mol. The Morgan fingerprint density at radius 3 is 2.45 bits per heavy atom. The molecule has 7 nitrogen and oxygen atoms in total. The van der Waals surface area contributed by atoms with E-state index >= 15 is 0 Å². The minimum atomic E-state index is -0.912. The van der Waals surface area contributed by atoms with E-state index in [2.05, 4.69) is 15.8 Å². The maximum absolute atomic E-state index is 11.7. The molecular formula is C13H13N3O4. The number of phenols is 1. The Hall–Kier alpha value is -2.83. The van der Waals surface area contributed by atoms with Crippen molar-refractivity contribution in [3.05, 3.63) is 35.6 Å². The molecular weight excluding hydrogens is 262 g/mol. The molecule has 0 saturated heterocycles. The van der Waals surface area contributed by atoms with Crippen LogP contribution in [-0.4, -0.2) is 22.1 Å². The Balaban J connectivity index is 2.02. The summed E-state index contributed by atoms with van der Waals surface area (Å²) in [5, 5.41) is 17.8. The van der Waals surface area contributed by atoms with Crippen LogP contribution >= 0.6 is 0 Å². The van der Waals surface area contributed by atoms with Crippen molar-refractivity contribution in [2.75, 3.05) is 10.6 Å². The lowest BCUT2D eigenvalue weighted by Gasteiger charge is -2.07. The molecule has 0 saturated carbocycles. The molecule has 2 amide bonds. The van der Waals surface area contributed by atoms with Gasteiger partial charge in [0.25, 0.3) is 0 Å². The number of anilines is 2. The number of carbonyl (C=O) groups excluding carboxylic acids is 2. The molecule has 0 aliphatic rings. The van der Waals surface area contributed by atoms with Crippen molar-refractivity contribution in [3.8, 4) is 5.75 Å². The van der Waals surface area contributed by atoms with Gasteiger partial charge in [-0.1, -0.05) is 11.2 Å². The lowest BCUT2D eigenvalue weighted by Crippen LogP contribution is -2.29. The zero-order chi connectivity index (χ0) is 14.7. The number of hydrogen-bond acceptors (Lipinski definition) is 5. The monoisotopic (exact) mass is 275 g/mol. The highest BCUT2D eigenvalue weighted by Gasteiger charge is 2.17. The SMILES string of the molecule is Cc1ccc(NC(=O)C(=O)Nc2cc(C)on2)c(O)c1. The second-order valence-corrected chi connectivity index (χ2v) is 4.25. The van der Waals surface area contributed by atoms with Crippen LogP contribution in [0.25, 0.3) is 0 Å².